The van der Waals surface area contributed by atoms with E-state index in [1.54, 1.807) is 24.1 Å². The van der Waals surface area contributed by atoms with Crippen LogP contribution < -0.4 is 5.73 Å². The number of carbonyl (C=O) groups excluding carboxylic acids is 1. The Labute approximate surface area is 159 Å². The van der Waals surface area contributed by atoms with E-state index in [9.17, 15) is 9.18 Å². The Morgan fingerprint density at radius 1 is 1.28 bits per heavy atom. The number of benzene rings is 1. The molecule has 25 heavy (non-hydrogen) atoms. The fourth-order valence-electron chi connectivity index (χ4n) is 2.20. The third-order valence-corrected chi connectivity index (χ3v) is 3.62. The van der Waals surface area contributed by atoms with Gasteiger partial charge in [0.15, 0.2) is 0 Å². The zero-order valence-electron chi connectivity index (χ0n) is 14.5. The van der Waals surface area contributed by atoms with Crippen LogP contribution in [-0.4, -0.2) is 35.9 Å². The SMILES string of the molecule is CN(CC(C)(C)CN)C(=O)Cc1coc(-c2ccc(F)cc2)n1.Cl.Cl. The van der Waals surface area contributed by atoms with Gasteiger partial charge in [-0.05, 0) is 36.2 Å². The van der Waals surface area contributed by atoms with E-state index < -0.39 is 0 Å². The molecule has 8 heteroatoms. The van der Waals surface area contributed by atoms with E-state index >= 15 is 0 Å². The molecule has 0 radical (unpaired) electrons. The number of nitrogens with two attached hydrogens (primary N) is 1. The molecule has 2 N–H and O–H groups in total. The Hall–Kier alpha value is -1.63. The number of halogens is 3. The molecule has 0 fully saturated rings. The molecule has 1 aromatic carbocycles. The Morgan fingerprint density at radius 3 is 2.44 bits per heavy atom. The molecule has 0 aliphatic rings. The second-order valence-electron chi connectivity index (χ2n) is 6.45. The van der Waals surface area contributed by atoms with Crippen LogP contribution in [0.1, 0.15) is 19.5 Å². The number of likely N-dealkylation sites (N-methyl/N-ethyl adjacent to an activating group) is 1. The first-order valence-electron chi connectivity index (χ1n) is 7.45. The van der Waals surface area contributed by atoms with Gasteiger partial charge in [-0.3, -0.25) is 4.79 Å². The van der Waals surface area contributed by atoms with Crippen LogP contribution in [0.25, 0.3) is 11.5 Å². The molecule has 0 saturated heterocycles. The molecule has 0 aliphatic heterocycles. The van der Waals surface area contributed by atoms with Gasteiger partial charge in [0, 0.05) is 19.2 Å². The van der Waals surface area contributed by atoms with Crippen LogP contribution in [0.2, 0.25) is 0 Å². The minimum Gasteiger partial charge on any atom is -0.444 e. The lowest BCUT2D eigenvalue weighted by atomic mass is 9.93. The summed E-state index contributed by atoms with van der Waals surface area (Å²) in [6.45, 7) is 5.10. The molecule has 0 saturated carbocycles. The number of oxazole rings is 1. The van der Waals surface area contributed by atoms with Gasteiger partial charge in [-0.2, -0.15) is 0 Å². The molecule has 0 unspecified atom stereocenters. The van der Waals surface area contributed by atoms with Crippen LogP contribution in [-0.2, 0) is 11.2 Å². The van der Waals surface area contributed by atoms with E-state index in [4.69, 9.17) is 10.2 Å². The fourth-order valence-corrected chi connectivity index (χ4v) is 2.20. The first kappa shape index (κ1) is 23.4. The third-order valence-electron chi connectivity index (χ3n) is 3.62. The van der Waals surface area contributed by atoms with Crippen LogP contribution in [0, 0.1) is 11.2 Å². The van der Waals surface area contributed by atoms with Gasteiger partial charge in [-0.15, -0.1) is 24.8 Å². The zero-order chi connectivity index (χ0) is 17.0. The highest BCUT2D eigenvalue weighted by Gasteiger charge is 2.22. The van der Waals surface area contributed by atoms with Crippen molar-refractivity contribution in [2.24, 2.45) is 11.1 Å². The van der Waals surface area contributed by atoms with E-state index in [0.29, 0.717) is 30.2 Å². The van der Waals surface area contributed by atoms with Gasteiger partial charge in [0.1, 0.15) is 12.1 Å². The normalized spacial score (nSPS) is 10.6. The van der Waals surface area contributed by atoms with Crippen molar-refractivity contribution in [3.63, 3.8) is 0 Å². The summed E-state index contributed by atoms with van der Waals surface area (Å²) in [6.07, 6.45) is 1.61. The van der Waals surface area contributed by atoms with Gasteiger partial charge in [-0.1, -0.05) is 13.8 Å². The maximum absolute atomic E-state index is 12.9. The van der Waals surface area contributed by atoms with Crippen LogP contribution in [0.5, 0.6) is 0 Å². The van der Waals surface area contributed by atoms with E-state index in [2.05, 4.69) is 4.98 Å². The number of carbonyl (C=O) groups is 1. The van der Waals surface area contributed by atoms with Crippen molar-refractivity contribution < 1.29 is 13.6 Å². The topological polar surface area (TPSA) is 72.4 Å². The molecule has 1 heterocycles. The quantitative estimate of drug-likeness (QED) is 0.819. The maximum Gasteiger partial charge on any atom is 0.228 e. The summed E-state index contributed by atoms with van der Waals surface area (Å²) in [5.41, 5.74) is 6.78. The highest BCUT2D eigenvalue weighted by molar-refractivity contribution is 5.85. The number of rotatable bonds is 6. The van der Waals surface area contributed by atoms with Crippen molar-refractivity contribution in [2.75, 3.05) is 20.1 Å². The third kappa shape index (κ3) is 6.65. The highest BCUT2D eigenvalue weighted by atomic mass is 35.5. The first-order chi connectivity index (χ1) is 10.8. The van der Waals surface area contributed by atoms with Crippen molar-refractivity contribution in [1.29, 1.82) is 0 Å². The van der Waals surface area contributed by atoms with Gasteiger partial charge >= 0.3 is 0 Å². The molecule has 0 aliphatic carbocycles. The Kier molecular flexibility index (Phi) is 9.11. The summed E-state index contributed by atoms with van der Waals surface area (Å²) in [5, 5.41) is 0. The van der Waals surface area contributed by atoms with E-state index in [1.807, 2.05) is 13.8 Å². The molecule has 2 aromatic rings. The minimum absolute atomic E-state index is 0. The molecule has 1 aromatic heterocycles. The first-order valence-corrected chi connectivity index (χ1v) is 7.45. The number of amides is 1. The smallest absolute Gasteiger partial charge is 0.228 e. The second-order valence-corrected chi connectivity index (χ2v) is 6.45. The number of nitrogens with zero attached hydrogens (tertiary/aromatic N) is 2. The standard InChI is InChI=1S/C17H22FN3O2.2ClH/c1-17(2,10-19)11-21(3)15(22)8-14-9-23-16(20-14)12-4-6-13(18)7-5-12;;/h4-7,9H,8,10-11,19H2,1-3H3;2*1H. The summed E-state index contributed by atoms with van der Waals surface area (Å²) >= 11 is 0. The molecule has 0 bridgehead atoms. The van der Waals surface area contributed by atoms with Crippen molar-refractivity contribution in [2.45, 2.75) is 20.3 Å². The Balaban J connectivity index is 0.00000288. The van der Waals surface area contributed by atoms with E-state index in [0.717, 1.165) is 0 Å². The van der Waals surface area contributed by atoms with Crippen molar-refractivity contribution >= 4 is 30.7 Å². The predicted octanol–water partition coefficient (Wildman–Crippen LogP) is 3.31. The van der Waals surface area contributed by atoms with Gasteiger partial charge in [-0.25, -0.2) is 9.37 Å². The van der Waals surface area contributed by atoms with Gasteiger partial charge < -0.3 is 15.1 Å². The van der Waals surface area contributed by atoms with Gasteiger partial charge in [0.2, 0.25) is 11.8 Å². The van der Waals surface area contributed by atoms with Gasteiger partial charge in [0.05, 0.1) is 12.1 Å². The lowest BCUT2D eigenvalue weighted by Gasteiger charge is -2.28. The highest BCUT2D eigenvalue weighted by Crippen LogP contribution is 2.20. The summed E-state index contributed by atoms with van der Waals surface area (Å²) in [4.78, 5) is 18.2. The molecule has 2 rings (SSSR count). The maximum atomic E-state index is 12.9. The molecule has 1 amide bonds. The molecular weight excluding hydrogens is 368 g/mol. The average Bonchev–Trinajstić information content (AvgIpc) is 2.96. The molecule has 0 spiro atoms. The molecule has 140 valence electrons. The molecule has 0 atom stereocenters. The van der Waals surface area contributed by atoms with Crippen molar-refractivity contribution in [3.05, 3.63) is 42.0 Å². The molecular formula is C17H24Cl2FN3O2. The number of hydrogen-bond donors (Lipinski definition) is 1. The van der Waals surface area contributed by atoms with E-state index in [1.165, 1.54) is 18.4 Å². The lowest BCUT2D eigenvalue weighted by Crippen LogP contribution is -2.40. The summed E-state index contributed by atoms with van der Waals surface area (Å²) in [7, 11) is 1.75. The summed E-state index contributed by atoms with van der Waals surface area (Å²) in [5.74, 6) is 0.00285. The van der Waals surface area contributed by atoms with Crippen LogP contribution in [0.4, 0.5) is 4.39 Å². The Bertz CT molecular complexity index is 675. The fraction of sp³-hybridized carbons (Fsp3) is 0.412. The largest absolute Gasteiger partial charge is 0.444 e. The number of hydrogen-bond acceptors (Lipinski definition) is 4. The molecule has 5 nitrogen and oxygen atoms in total. The Morgan fingerprint density at radius 2 is 1.88 bits per heavy atom. The van der Waals surface area contributed by atoms with Crippen LogP contribution in [0.15, 0.2) is 34.9 Å². The van der Waals surface area contributed by atoms with Gasteiger partial charge in [0.25, 0.3) is 0 Å². The minimum atomic E-state index is -0.320. The van der Waals surface area contributed by atoms with Crippen LogP contribution >= 0.6 is 24.8 Å². The van der Waals surface area contributed by atoms with Crippen molar-refractivity contribution in [1.82, 2.24) is 9.88 Å². The zero-order valence-corrected chi connectivity index (χ0v) is 16.1. The van der Waals surface area contributed by atoms with E-state index in [-0.39, 0.29) is 48.4 Å². The summed E-state index contributed by atoms with van der Waals surface area (Å²) < 4.78 is 18.3. The predicted molar refractivity (Wildman–Crippen MR) is 101 cm³/mol. The summed E-state index contributed by atoms with van der Waals surface area (Å²) in [6, 6.07) is 5.85. The monoisotopic (exact) mass is 391 g/mol. The lowest BCUT2D eigenvalue weighted by molar-refractivity contribution is -0.130. The van der Waals surface area contributed by atoms with Crippen LogP contribution in [0.3, 0.4) is 0 Å². The average molecular weight is 392 g/mol. The number of aromatic nitrogens is 1. The van der Waals surface area contributed by atoms with Crippen molar-refractivity contribution in [3.8, 4) is 11.5 Å². The second kappa shape index (κ2) is 9.75.